The van der Waals surface area contributed by atoms with Gasteiger partial charge in [0.25, 0.3) is 0 Å². The molecule has 3 rings (SSSR count). The van der Waals surface area contributed by atoms with Crippen LogP contribution in [0, 0.1) is 0 Å². The normalized spacial score (nSPS) is 18.1. The van der Waals surface area contributed by atoms with Gasteiger partial charge in [-0.1, -0.05) is 12.1 Å². The molecule has 9 heteroatoms. The van der Waals surface area contributed by atoms with Crippen LogP contribution in [-0.4, -0.2) is 44.0 Å². The van der Waals surface area contributed by atoms with Crippen molar-refractivity contribution in [1.29, 1.82) is 0 Å². The van der Waals surface area contributed by atoms with Crippen molar-refractivity contribution < 1.29 is 26.7 Å². The van der Waals surface area contributed by atoms with Gasteiger partial charge in [-0.15, -0.1) is 0 Å². The topological polar surface area (TPSA) is 70.5 Å². The van der Waals surface area contributed by atoms with E-state index in [0.717, 1.165) is 24.9 Å². The lowest BCUT2D eigenvalue weighted by molar-refractivity contribution is -0.137. The molecular formula is C18H19F3N2O3S. The zero-order chi connectivity index (χ0) is 19.8. The Bertz CT molecular complexity index is 945. The number of hydrogen-bond acceptors (Lipinski definition) is 5. The molecule has 0 unspecified atom stereocenters. The number of aromatic nitrogens is 1. The third-order valence-corrected chi connectivity index (χ3v) is 5.74. The van der Waals surface area contributed by atoms with Gasteiger partial charge in [0.1, 0.15) is 5.82 Å². The minimum Gasteiger partial charge on any atom is -0.394 e. The summed E-state index contributed by atoms with van der Waals surface area (Å²) in [4.78, 5) is 5.84. The van der Waals surface area contributed by atoms with Crippen LogP contribution in [0.25, 0.3) is 11.1 Å². The molecule has 0 spiro atoms. The number of rotatable bonds is 4. The van der Waals surface area contributed by atoms with Gasteiger partial charge in [-0.05, 0) is 36.6 Å². The second-order valence-corrected chi connectivity index (χ2v) is 8.58. The zero-order valence-electron chi connectivity index (χ0n) is 14.6. The lowest BCUT2D eigenvalue weighted by Crippen LogP contribution is -2.33. The van der Waals surface area contributed by atoms with Crippen LogP contribution in [0.1, 0.15) is 18.4 Å². The number of alkyl halides is 3. The first-order chi connectivity index (χ1) is 12.6. The number of benzene rings is 1. The molecule has 5 nitrogen and oxygen atoms in total. The Balaban J connectivity index is 2.19. The van der Waals surface area contributed by atoms with Crippen molar-refractivity contribution >= 4 is 15.7 Å². The molecule has 1 aliphatic heterocycles. The van der Waals surface area contributed by atoms with Crippen LogP contribution in [0.3, 0.4) is 0 Å². The van der Waals surface area contributed by atoms with Crippen LogP contribution in [0.4, 0.5) is 19.0 Å². The highest BCUT2D eigenvalue weighted by Crippen LogP contribution is 2.38. The number of aliphatic hydroxyl groups is 1. The number of hydrogen-bond donors (Lipinski definition) is 1. The second-order valence-electron chi connectivity index (χ2n) is 6.56. The van der Waals surface area contributed by atoms with E-state index in [1.807, 2.05) is 0 Å². The second kappa shape index (κ2) is 7.12. The van der Waals surface area contributed by atoms with E-state index < -0.39 is 21.6 Å². The predicted molar refractivity (Wildman–Crippen MR) is 95.2 cm³/mol. The van der Waals surface area contributed by atoms with Gasteiger partial charge < -0.3 is 10.0 Å². The van der Waals surface area contributed by atoms with Crippen molar-refractivity contribution in [3.05, 3.63) is 42.1 Å². The maximum Gasteiger partial charge on any atom is 0.417 e. The summed E-state index contributed by atoms with van der Waals surface area (Å²) in [6.45, 7) is 0.424. The highest BCUT2D eigenvalue weighted by molar-refractivity contribution is 7.90. The molecule has 1 aromatic heterocycles. The minimum absolute atomic E-state index is 0.0171. The largest absolute Gasteiger partial charge is 0.417 e. The van der Waals surface area contributed by atoms with Crippen LogP contribution < -0.4 is 4.90 Å². The quantitative estimate of drug-likeness (QED) is 0.854. The third-order valence-electron chi connectivity index (χ3n) is 4.63. The highest BCUT2D eigenvalue weighted by Gasteiger charge is 2.34. The highest BCUT2D eigenvalue weighted by atomic mass is 32.2. The van der Waals surface area contributed by atoms with Crippen molar-refractivity contribution in [1.82, 2.24) is 4.98 Å². The van der Waals surface area contributed by atoms with Crippen molar-refractivity contribution in [2.24, 2.45) is 0 Å². The van der Waals surface area contributed by atoms with Crippen LogP contribution in [0.15, 0.2) is 41.4 Å². The van der Waals surface area contributed by atoms with E-state index in [4.69, 9.17) is 0 Å². The summed E-state index contributed by atoms with van der Waals surface area (Å²) in [6.07, 6.45) is -1.26. The van der Waals surface area contributed by atoms with Gasteiger partial charge in [-0.25, -0.2) is 13.4 Å². The van der Waals surface area contributed by atoms with E-state index in [9.17, 15) is 26.7 Å². The van der Waals surface area contributed by atoms with Gasteiger partial charge in [0.05, 0.1) is 23.1 Å². The number of sulfone groups is 1. The fraction of sp³-hybridized carbons (Fsp3) is 0.389. The molecule has 1 atom stereocenters. The molecule has 1 aliphatic rings. The smallest absolute Gasteiger partial charge is 0.394 e. The minimum atomic E-state index is -4.57. The first-order valence-corrected chi connectivity index (χ1v) is 10.3. The Morgan fingerprint density at radius 2 is 2.04 bits per heavy atom. The van der Waals surface area contributed by atoms with Crippen LogP contribution >= 0.6 is 0 Å². The van der Waals surface area contributed by atoms with E-state index in [1.165, 1.54) is 18.2 Å². The maximum absolute atomic E-state index is 13.2. The monoisotopic (exact) mass is 400 g/mol. The molecule has 0 bridgehead atoms. The molecule has 2 aromatic rings. The summed E-state index contributed by atoms with van der Waals surface area (Å²) in [5, 5.41) is 9.57. The summed E-state index contributed by atoms with van der Waals surface area (Å²) in [5.74, 6) is 0.310. The molecule has 0 aliphatic carbocycles. The van der Waals surface area contributed by atoms with E-state index >= 15 is 0 Å². The summed E-state index contributed by atoms with van der Waals surface area (Å²) in [7, 11) is -3.52. The lowest BCUT2D eigenvalue weighted by Gasteiger charge is -2.27. The van der Waals surface area contributed by atoms with Crippen LogP contribution in [0.5, 0.6) is 0 Å². The summed E-state index contributed by atoms with van der Waals surface area (Å²) in [6, 6.07) is 6.54. The zero-order valence-corrected chi connectivity index (χ0v) is 15.4. The molecule has 1 saturated heterocycles. The molecule has 1 aromatic carbocycles. The molecule has 146 valence electrons. The molecule has 2 heterocycles. The average molecular weight is 400 g/mol. The Morgan fingerprint density at radius 3 is 2.67 bits per heavy atom. The molecule has 1 N–H and O–H groups in total. The SMILES string of the molecule is CS(=O)(=O)c1cccc(-c2cc(C(F)(F)F)cnc2N2CCC[C@H]2CO)c1. The van der Waals surface area contributed by atoms with Gasteiger partial charge in [-0.2, -0.15) is 13.2 Å². The Morgan fingerprint density at radius 1 is 1.30 bits per heavy atom. The van der Waals surface area contributed by atoms with E-state index in [0.29, 0.717) is 24.3 Å². The third kappa shape index (κ3) is 4.08. The number of anilines is 1. The van der Waals surface area contributed by atoms with E-state index in [-0.39, 0.29) is 23.1 Å². The number of nitrogens with zero attached hydrogens (tertiary/aromatic N) is 2. The average Bonchev–Trinajstić information content (AvgIpc) is 3.08. The van der Waals surface area contributed by atoms with Gasteiger partial charge in [0, 0.05) is 24.6 Å². The van der Waals surface area contributed by atoms with Gasteiger partial charge in [0.2, 0.25) is 0 Å². The molecule has 27 heavy (non-hydrogen) atoms. The van der Waals surface area contributed by atoms with Crippen molar-refractivity contribution in [3.8, 4) is 11.1 Å². The number of halogens is 3. The van der Waals surface area contributed by atoms with Crippen LogP contribution in [-0.2, 0) is 16.0 Å². The Labute approximate surface area is 155 Å². The number of pyridine rings is 1. The van der Waals surface area contributed by atoms with Crippen molar-refractivity contribution in [3.63, 3.8) is 0 Å². The fourth-order valence-electron chi connectivity index (χ4n) is 3.25. The molecule has 0 saturated carbocycles. The molecule has 0 amide bonds. The summed E-state index contributed by atoms with van der Waals surface area (Å²) < 4.78 is 63.3. The predicted octanol–water partition coefficient (Wildman–Crippen LogP) is 3.13. The fourth-order valence-corrected chi connectivity index (χ4v) is 3.92. The Hall–Kier alpha value is -2.13. The first kappa shape index (κ1) is 19.6. The summed E-state index contributed by atoms with van der Waals surface area (Å²) in [5.41, 5.74) is -0.392. The van der Waals surface area contributed by atoms with Crippen LogP contribution in [0.2, 0.25) is 0 Å². The van der Waals surface area contributed by atoms with Gasteiger partial charge in [-0.3, -0.25) is 0 Å². The molecule has 1 fully saturated rings. The summed E-state index contributed by atoms with van der Waals surface area (Å²) >= 11 is 0. The standard InChI is InChI=1S/C18H19F3N2O3S/c1-27(25,26)15-6-2-4-12(8-15)16-9-13(18(19,20)21)10-22-17(16)23-7-3-5-14(23)11-24/h2,4,6,8-10,14,24H,3,5,7,11H2,1H3/t14-/m0/s1. The van der Waals surface area contributed by atoms with E-state index in [2.05, 4.69) is 4.98 Å². The first-order valence-electron chi connectivity index (χ1n) is 8.36. The van der Waals surface area contributed by atoms with Crippen molar-refractivity contribution in [2.45, 2.75) is 30.0 Å². The molecular weight excluding hydrogens is 381 g/mol. The van der Waals surface area contributed by atoms with Gasteiger partial charge >= 0.3 is 6.18 Å². The van der Waals surface area contributed by atoms with Gasteiger partial charge in [0.15, 0.2) is 9.84 Å². The van der Waals surface area contributed by atoms with Crippen molar-refractivity contribution in [2.75, 3.05) is 24.3 Å². The van der Waals surface area contributed by atoms with E-state index in [1.54, 1.807) is 11.0 Å². The molecule has 0 radical (unpaired) electrons. The Kier molecular flexibility index (Phi) is 5.18. The maximum atomic E-state index is 13.2. The lowest BCUT2D eigenvalue weighted by atomic mass is 10.0. The number of aliphatic hydroxyl groups excluding tert-OH is 1.